The molecule has 6 nitrogen and oxygen atoms in total. The monoisotopic (exact) mass is 1110 g/mol. The maximum atomic E-state index is 12.9. The topological polar surface area (TPSA) is 78.9 Å². The van der Waals surface area contributed by atoms with Gasteiger partial charge < -0.3 is 14.2 Å². The van der Waals surface area contributed by atoms with Gasteiger partial charge in [0.05, 0.1) is 0 Å². The van der Waals surface area contributed by atoms with Crippen molar-refractivity contribution in [3.8, 4) is 0 Å². The molecule has 0 heterocycles. The maximum absolute atomic E-state index is 12.9. The lowest BCUT2D eigenvalue weighted by molar-refractivity contribution is -0.167. The van der Waals surface area contributed by atoms with Crippen LogP contribution in [-0.2, 0) is 28.6 Å². The normalized spacial score (nSPS) is 12.4. The number of rotatable bonds is 64. The summed E-state index contributed by atoms with van der Waals surface area (Å²) in [5.74, 6) is -0.848. The highest BCUT2D eigenvalue weighted by Gasteiger charge is 2.19. The fourth-order valence-electron chi connectivity index (χ4n) is 10.3. The molecule has 0 rings (SSSR count). The van der Waals surface area contributed by atoms with Gasteiger partial charge in [-0.3, -0.25) is 14.4 Å². The largest absolute Gasteiger partial charge is 0.462 e. The Bertz CT molecular complexity index is 1410. The number of esters is 3. The Hall–Kier alpha value is -2.89. The molecular weight excluding hydrogens is 973 g/mol. The summed E-state index contributed by atoms with van der Waals surface area (Å²) in [6.45, 7) is 6.57. The summed E-state index contributed by atoms with van der Waals surface area (Å²) in [7, 11) is 0. The number of hydrogen-bond acceptors (Lipinski definition) is 6. The number of carbonyl (C=O) groups is 3. The van der Waals surface area contributed by atoms with E-state index in [2.05, 4.69) is 81.5 Å². The number of ether oxygens (including phenoxy) is 3. The van der Waals surface area contributed by atoms with Gasteiger partial charge in [0.2, 0.25) is 0 Å². The predicted molar refractivity (Wildman–Crippen MR) is 344 cm³/mol. The van der Waals surface area contributed by atoms with Crippen molar-refractivity contribution >= 4 is 17.9 Å². The Kier molecular flexibility index (Phi) is 65.1. The molecule has 0 aromatic heterocycles. The molecular formula is C73H132O6. The van der Waals surface area contributed by atoms with Crippen molar-refractivity contribution in [1.29, 1.82) is 0 Å². The minimum atomic E-state index is -0.771. The first-order valence-corrected chi connectivity index (χ1v) is 34.8. The van der Waals surface area contributed by atoms with Crippen LogP contribution in [-0.4, -0.2) is 37.2 Å². The quantitative estimate of drug-likeness (QED) is 0.0261. The van der Waals surface area contributed by atoms with Crippen LogP contribution in [0.2, 0.25) is 0 Å². The summed E-state index contributed by atoms with van der Waals surface area (Å²) in [5, 5.41) is 0. The molecule has 0 radical (unpaired) electrons. The van der Waals surface area contributed by atoms with Crippen LogP contribution in [0.1, 0.15) is 367 Å². The molecule has 0 aliphatic rings. The number of allylic oxidation sites excluding steroid dienone is 10. The lowest BCUT2D eigenvalue weighted by atomic mass is 10.0. The van der Waals surface area contributed by atoms with Crippen LogP contribution in [0.4, 0.5) is 0 Å². The minimum absolute atomic E-state index is 0.0688. The van der Waals surface area contributed by atoms with Gasteiger partial charge >= 0.3 is 17.9 Å². The van der Waals surface area contributed by atoms with E-state index in [1.807, 2.05) is 0 Å². The van der Waals surface area contributed by atoms with Gasteiger partial charge in [-0.15, -0.1) is 0 Å². The standard InChI is InChI=1S/C73H132O6/c1-4-7-10-13-16-19-22-24-26-28-30-31-32-33-34-35-36-37-38-39-40-41-43-44-46-48-51-54-57-60-63-66-72(75)78-69-70(68-77-71(74)65-62-59-56-53-50-21-18-15-12-9-6-3)79-73(76)67-64-61-58-55-52-49-47-45-42-29-27-25-23-20-17-14-11-8-5-2/h7,10,16,19,24-27,30-31,70H,4-6,8-9,11-15,17-18,20-23,28-29,32-69H2,1-3H3/b10-7-,19-16-,26-24-,27-25-,31-30-. The summed E-state index contributed by atoms with van der Waals surface area (Å²) >= 11 is 0. The number of hydrogen-bond donors (Lipinski definition) is 0. The van der Waals surface area contributed by atoms with E-state index in [9.17, 15) is 14.4 Å². The van der Waals surface area contributed by atoms with E-state index in [1.165, 1.54) is 244 Å². The van der Waals surface area contributed by atoms with Gasteiger partial charge in [0.1, 0.15) is 13.2 Å². The smallest absolute Gasteiger partial charge is 0.306 e. The molecule has 0 fully saturated rings. The summed E-state index contributed by atoms with van der Waals surface area (Å²) in [4.78, 5) is 38.3. The predicted octanol–water partition coefficient (Wildman–Crippen LogP) is 23.9. The van der Waals surface area contributed by atoms with Crippen LogP contribution in [0.15, 0.2) is 60.8 Å². The van der Waals surface area contributed by atoms with Gasteiger partial charge in [-0.05, 0) is 83.5 Å². The molecule has 1 atom stereocenters. The third-order valence-electron chi connectivity index (χ3n) is 15.5. The molecule has 0 aromatic carbocycles. The molecule has 0 saturated heterocycles. The summed E-state index contributed by atoms with van der Waals surface area (Å²) in [6.07, 6.45) is 86.8. The molecule has 0 saturated carbocycles. The van der Waals surface area contributed by atoms with Crippen LogP contribution >= 0.6 is 0 Å². The van der Waals surface area contributed by atoms with E-state index < -0.39 is 6.10 Å². The van der Waals surface area contributed by atoms with E-state index in [4.69, 9.17) is 14.2 Å². The zero-order chi connectivity index (χ0) is 57.1. The van der Waals surface area contributed by atoms with Crippen LogP contribution in [0, 0.1) is 0 Å². The molecule has 460 valence electrons. The molecule has 6 heteroatoms. The van der Waals surface area contributed by atoms with Crippen molar-refractivity contribution in [2.75, 3.05) is 13.2 Å². The van der Waals surface area contributed by atoms with Crippen LogP contribution < -0.4 is 0 Å². The van der Waals surface area contributed by atoms with Crippen molar-refractivity contribution in [2.24, 2.45) is 0 Å². The highest BCUT2D eigenvalue weighted by Crippen LogP contribution is 2.18. The zero-order valence-corrected chi connectivity index (χ0v) is 52.9. The second kappa shape index (κ2) is 67.6. The van der Waals surface area contributed by atoms with Crippen LogP contribution in [0.25, 0.3) is 0 Å². The number of unbranched alkanes of at least 4 members (excludes halogenated alkanes) is 43. The zero-order valence-electron chi connectivity index (χ0n) is 52.9. The Balaban J connectivity index is 4.13. The highest BCUT2D eigenvalue weighted by molar-refractivity contribution is 5.71. The summed E-state index contributed by atoms with van der Waals surface area (Å²) < 4.78 is 17.0. The van der Waals surface area contributed by atoms with Gasteiger partial charge in [0.15, 0.2) is 6.10 Å². The lowest BCUT2D eigenvalue weighted by Gasteiger charge is -2.18. The minimum Gasteiger partial charge on any atom is -0.462 e. The molecule has 0 spiro atoms. The van der Waals surface area contributed by atoms with Gasteiger partial charge in [0, 0.05) is 19.3 Å². The molecule has 1 unspecified atom stereocenters. The van der Waals surface area contributed by atoms with Crippen LogP contribution in [0.3, 0.4) is 0 Å². The Morgan fingerprint density at radius 1 is 0.266 bits per heavy atom. The Morgan fingerprint density at radius 3 is 0.785 bits per heavy atom. The van der Waals surface area contributed by atoms with E-state index >= 15 is 0 Å². The van der Waals surface area contributed by atoms with E-state index in [0.29, 0.717) is 19.3 Å². The molecule has 79 heavy (non-hydrogen) atoms. The Morgan fingerprint density at radius 2 is 0.494 bits per heavy atom. The van der Waals surface area contributed by atoms with E-state index in [-0.39, 0.29) is 31.1 Å². The summed E-state index contributed by atoms with van der Waals surface area (Å²) in [6, 6.07) is 0. The molecule has 0 aliphatic carbocycles. The van der Waals surface area contributed by atoms with Gasteiger partial charge in [-0.1, -0.05) is 326 Å². The van der Waals surface area contributed by atoms with Crippen molar-refractivity contribution in [1.82, 2.24) is 0 Å². The third-order valence-corrected chi connectivity index (χ3v) is 15.5. The van der Waals surface area contributed by atoms with Crippen molar-refractivity contribution < 1.29 is 28.6 Å². The summed E-state index contributed by atoms with van der Waals surface area (Å²) in [5.41, 5.74) is 0. The van der Waals surface area contributed by atoms with E-state index in [1.54, 1.807) is 0 Å². The highest BCUT2D eigenvalue weighted by atomic mass is 16.6. The average Bonchev–Trinajstić information content (AvgIpc) is 3.45. The van der Waals surface area contributed by atoms with Crippen molar-refractivity contribution in [3.05, 3.63) is 60.8 Å². The molecule has 0 bridgehead atoms. The first-order chi connectivity index (χ1) is 39.0. The molecule has 0 aromatic rings. The van der Waals surface area contributed by atoms with E-state index in [0.717, 1.165) is 83.5 Å². The third kappa shape index (κ3) is 65.8. The van der Waals surface area contributed by atoms with Gasteiger partial charge in [-0.2, -0.15) is 0 Å². The van der Waals surface area contributed by atoms with Gasteiger partial charge in [-0.25, -0.2) is 0 Å². The molecule has 0 N–H and O–H groups in total. The lowest BCUT2D eigenvalue weighted by Crippen LogP contribution is -2.30. The average molecular weight is 1110 g/mol. The fourth-order valence-corrected chi connectivity index (χ4v) is 10.3. The first-order valence-electron chi connectivity index (χ1n) is 34.8. The maximum Gasteiger partial charge on any atom is 0.306 e. The Labute approximate surface area is 491 Å². The second-order valence-corrected chi connectivity index (χ2v) is 23.4. The van der Waals surface area contributed by atoms with Gasteiger partial charge in [0.25, 0.3) is 0 Å². The molecule has 0 aliphatic heterocycles. The molecule has 0 amide bonds. The SMILES string of the molecule is CC/C=C\C/C=C\C/C=C\C/C=C\CCCCCCCCCCCCCCCCCCCCC(=O)OCC(COC(=O)CCCCCCCCCCCCC)OC(=O)CCCCCCCCCCC/C=C\CCCCCCCC. The van der Waals surface area contributed by atoms with Crippen molar-refractivity contribution in [3.63, 3.8) is 0 Å². The number of carbonyl (C=O) groups excluding carboxylic acids is 3. The fraction of sp³-hybridized carbons (Fsp3) is 0.822. The van der Waals surface area contributed by atoms with Crippen LogP contribution in [0.5, 0.6) is 0 Å². The first kappa shape index (κ1) is 76.1. The second-order valence-electron chi connectivity index (χ2n) is 23.4. The van der Waals surface area contributed by atoms with Crippen molar-refractivity contribution in [2.45, 2.75) is 374 Å².